The van der Waals surface area contributed by atoms with Crippen LogP contribution in [0.2, 0.25) is 0 Å². The molecule has 0 aliphatic carbocycles. The first-order chi connectivity index (χ1) is 12.2. The minimum absolute atomic E-state index is 0.749. The molecule has 1 aromatic carbocycles. The van der Waals surface area contributed by atoms with Crippen LogP contribution in [0.1, 0.15) is 4.88 Å². The van der Waals surface area contributed by atoms with Crippen LogP contribution in [-0.4, -0.2) is 35.0 Å². The molecule has 4 nitrogen and oxygen atoms in total. The minimum atomic E-state index is 0.749. The molecule has 0 radical (unpaired) electrons. The van der Waals surface area contributed by atoms with Crippen LogP contribution in [0.15, 0.2) is 42.6 Å². The highest BCUT2D eigenvalue weighted by Gasteiger charge is 2.17. The molecule has 6 heteroatoms. The maximum Gasteiger partial charge on any atom is 0.125 e. The maximum atomic E-state index is 5.89. The lowest BCUT2D eigenvalue weighted by Gasteiger charge is -2.05. The summed E-state index contributed by atoms with van der Waals surface area (Å²) in [5, 5.41) is 2.21. The first kappa shape index (κ1) is 15.0. The van der Waals surface area contributed by atoms with Crippen molar-refractivity contribution in [2.75, 3.05) is 25.9 Å². The third-order valence-electron chi connectivity index (χ3n) is 4.48. The Balaban J connectivity index is 1.66. The van der Waals surface area contributed by atoms with E-state index in [1.165, 1.54) is 15.8 Å². The second-order valence-electron chi connectivity index (χ2n) is 6.36. The Hall–Kier alpha value is -2.28. The van der Waals surface area contributed by atoms with Gasteiger partial charge in [0, 0.05) is 40.8 Å². The van der Waals surface area contributed by atoms with E-state index < -0.39 is 0 Å². The quantitative estimate of drug-likeness (QED) is 0.533. The first-order valence-electron chi connectivity index (χ1n) is 8.10. The zero-order valence-electron chi connectivity index (χ0n) is 13.7. The number of nitrogens with zero attached hydrogens (tertiary/aromatic N) is 3. The van der Waals surface area contributed by atoms with Crippen LogP contribution in [0.25, 0.3) is 36.6 Å². The molecule has 5 rings (SSSR count). The topological polar surface area (TPSA) is 55.0 Å². The minimum Gasteiger partial charge on any atom is -0.399 e. The average Bonchev–Trinajstić information content (AvgIpc) is 3.30. The van der Waals surface area contributed by atoms with Gasteiger partial charge in [-0.15, -0.1) is 22.7 Å². The summed E-state index contributed by atoms with van der Waals surface area (Å²) in [5.41, 5.74) is 10.1. The van der Waals surface area contributed by atoms with Crippen molar-refractivity contribution in [3.05, 3.63) is 47.5 Å². The maximum absolute atomic E-state index is 5.89. The van der Waals surface area contributed by atoms with Crippen LogP contribution in [0.5, 0.6) is 0 Å². The standard InChI is InChI=1S/C19H16N4S2/c1-23-7-5-11(10-23)17-9-14-13(4-6-21-18(14)25-17)19-22-15-8-12(20)2-3-16(15)24-19/h2-6,8-9H,7,10,20H2,1H3. The van der Waals surface area contributed by atoms with Crippen molar-refractivity contribution < 1.29 is 0 Å². The number of nitrogen functional groups attached to an aromatic ring is 1. The number of pyridine rings is 1. The summed E-state index contributed by atoms with van der Waals surface area (Å²) in [6.07, 6.45) is 4.19. The van der Waals surface area contributed by atoms with E-state index in [2.05, 4.69) is 35.1 Å². The zero-order valence-corrected chi connectivity index (χ0v) is 15.3. The van der Waals surface area contributed by atoms with E-state index in [-0.39, 0.29) is 0 Å². The Morgan fingerprint density at radius 2 is 2.08 bits per heavy atom. The largest absolute Gasteiger partial charge is 0.399 e. The number of thiophene rings is 1. The number of thiazole rings is 1. The van der Waals surface area contributed by atoms with Crippen molar-refractivity contribution >= 4 is 54.4 Å². The summed E-state index contributed by atoms with van der Waals surface area (Å²) < 4.78 is 1.16. The lowest BCUT2D eigenvalue weighted by Crippen LogP contribution is -2.13. The highest BCUT2D eigenvalue weighted by molar-refractivity contribution is 7.22. The van der Waals surface area contributed by atoms with Gasteiger partial charge in [-0.05, 0) is 43.0 Å². The third-order valence-corrected chi connectivity index (χ3v) is 6.67. The lowest BCUT2D eigenvalue weighted by atomic mass is 10.1. The molecule has 0 atom stereocenters. The average molecular weight is 364 g/mol. The van der Waals surface area contributed by atoms with Crippen LogP contribution in [0.3, 0.4) is 0 Å². The Kier molecular flexibility index (Phi) is 3.38. The van der Waals surface area contributed by atoms with Gasteiger partial charge in [-0.1, -0.05) is 6.08 Å². The molecular weight excluding hydrogens is 348 g/mol. The summed E-state index contributed by atoms with van der Waals surface area (Å²) in [4.78, 5) is 14.1. The Morgan fingerprint density at radius 3 is 2.92 bits per heavy atom. The summed E-state index contributed by atoms with van der Waals surface area (Å²) in [6, 6.07) is 10.2. The molecule has 1 aliphatic heterocycles. The molecule has 4 aromatic rings. The highest BCUT2D eigenvalue weighted by atomic mass is 32.1. The summed E-state index contributed by atoms with van der Waals surface area (Å²) >= 11 is 3.47. The van der Waals surface area contributed by atoms with Crippen LogP contribution >= 0.6 is 22.7 Å². The predicted molar refractivity (Wildman–Crippen MR) is 108 cm³/mol. The van der Waals surface area contributed by atoms with Crippen LogP contribution < -0.4 is 5.73 Å². The Morgan fingerprint density at radius 1 is 1.16 bits per heavy atom. The van der Waals surface area contributed by atoms with Crippen LogP contribution in [0.4, 0.5) is 5.69 Å². The molecule has 0 bridgehead atoms. The van der Waals surface area contributed by atoms with Gasteiger partial charge in [0.1, 0.15) is 9.84 Å². The van der Waals surface area contributed by atoms with E-state index in [1.54, 1.807) is 22.7 Å². The van der Waals surface area contributed by atoms with Gasteiger partial charge < -0.3 is 5.73 Å². The molecule has 1 aliphatic rings. The van der Waals surface area contributed by atoms with Gasteiger partial charge in [-0.25, -0.2) is 9.97 Å². The lowest BCUT2D eigenvalue weighted by molar-refractivity contribution is 0.439. The Labute approximate surface area is 153 Å². The van der Waals surface area contributed by atoms with Gasteiger partial charge in [0.2, 0.25) is 0 Å². The number of likely N-dealkylation sites (N-methyl/N-ethyl adjacent to an activating group) is 1. The van der Waals surface area contributed by atoms with Gasteiger partial charge in [-0.2, -0.15) is 0 Å². The van der Waals surface area contributed by atoms with Crippen molar-refractivity contribution in [1.82, 2.24) is 14.9 Å². The van der Waals surface area contributed by atoms with E-state index in [9.17, 15) is 0 Å². The first-order valence-corrected chi connectivity index (χ1v) is 9.73. The number of hydrogen-bond donors (Lipinski definition) is 1. The fourth-order valence-electron chi connectivity index (χ4n) is 3.21. The van der Waals surface area contributed by atoms with Gasteiger partial charge >= 0.3 is 0 Å². The van der Waals surface area contributed by atoms with Crippen molar-refractivity contribution in [2.45, 2.75) is 0 Å². The molecule has 0 unspecified atom stereocenters. The van der Waals surface area contributed by atoms with Gasteiger partial charge in [-0.3, -0.25) is 4.90 Å². The molecule has 3 aromatic heterocycles. The molecule has 0 spiro atoms. The van der Waals surface area contributed by atoms with E-state index in [4.69, 9.17) is 10.7 Å². The highest BCUT2D eigenvalue weighted by Crippen LogP contribution is 2.39. The van der Waals surface area contributed by atoms with E-state index in [1.807, 2.05) is 24.4 Å². The zero-order chi connectivity index (χ0) is 17.0. The molecule has 0 amide bonds. The molecule has 0 saturated carbocycles. The number of hydrogen-bond acceptors (Lipinski definition) is 6. The molecular formula is C19H16N4S2. The van der Waals surface area contributed by atoms with E-state index in [0.29, 0.717) is 0 Å². The van der Waals surface area contributed by atoms with Crippen LogP contribution in [-0.2, 0) is 0 Å². The van der Waals surface area contributed by atoms with Crippen molar-refractivity contribution in [1.29, 1.82) is 0 Å². The SMILES string of the molecule is CN1CC=C(c2cc3c(-c4nc5cc(N)ccc5s4)ccnc3s2)C1. The normalized spacial score (nSPS) is 15.3. The predicted octanol–water partition coefficient (Wildman–Crippen LogP) is 4.48. The number of nitrogens with two attached hydrogens (primary N) is 1. The summed E-state index contributed by atoms with van der Waals surface area (Å²) in [5.74, 6) is 0. The smallest absolute Gasteiger partial charge is 0.125 e. The fourth-order valence-corrected chi connectivity index (χ4v) is 5.25. The second-order valence-corrected chi connectivity index (χ2v) is 8.42. The van der Waals surface area contributed by atoms with Gasteiger partial charge in [0.05, 0.1) is 10.2 Å². The second kappa shape index (κ2) is 5.62. The number of rotatable bonds is 2. The van der Waals surface area contributed by atoms with Crippen molar-refractivity contribution in [3.63, 3.8) is 0 Å². The van der Waals surface area contributed by atoms with Crippen molar-refractivity contribution in [2.24, 2.45) is 0 Å². The van der Waals surface area contributed by atoms with Gasteiger partial charge in [0.15, 0.2) is 0 Å². The monoisotopic (exact) mass is 364 g/mol. The summed E-state index contributed by atoms with van der Waals surface area (Å²) in [6.45, 7) is 2.02. The molecule has 124 valence electrons. The number of aromatic nitrogens is 2. The number of fused-ring (bicyclic) bond motifs is 2. The molecule has 25 heavy (non-hydrogen) atoms. The fraction of sp³-hybridized carbons (Fsp3) is 0.158. The molecule has 0 fully saturated rings. The van der Waals surface area contributed by atoms with Gasteiger partial charge in [0.25, 0.3) is 0 Å². The Bertz CT molecular complexity index is 1140. The van der Waals surface area contributed by atoms with E-state index >= 15 is 0 Å². The molecule has 2 N–H and O–H groups in total. The molecule has 0 saturated heterocycles. The van der Waals surface area contributed by atoms with E-state index in [0.717, 1.165) is 44.4 Å². The van der Waals surface area contributed by atoms with Crippen LogP contribution in [0, 0.1) is 0 Å². The summed E-state index contributed by atoms with van der Waals surface area (Å²) in [7, 11) is 2.15. The van der Waals surface area contributed by atoms with Crippen molar-refractivity contribution in [3.8, 4) is 10.6 Å². The third kappa shape index (κ3) is 2.54. The molecule has 4 heterocycles. The number of benzene rings is 1. The number of anilines is 1.